The zero-order valence-corrected chi connectivity index (χ0v) is 12.5. The second kappa shape index (κ2) is 7.94. The van der Waals surface area contributed by atoms with Crippen LogP contribution in [0.25, 0.3) is 0 Å². The van der Waals surface area contributed by atoms with Gasteiger partial charge >= 0.3 is 5.97 Å². The number of benzene rings is 1. The third-order valence-corrected chi connectivity index (χ3v) is 3.56. The third kappa shape index (κ3) is 4.35. The number of anilines is 2. The molecule has 0 aromatic heterocycles. The maximum absolute atomic E-state index is 11.8. The molecule has 0 saturated carbocycles. The molecular formula is C14H22N2O2S. The summed E-state index contributed by atoms with van der Waals surface area (Å²) in [6.45, 7) is 4.25. The molecule has 1 rings (SSSR count). The van der Waals surface area contributed by atoms with Gasteiger partial charge in [-0.05, 0) is 31.7 Å². The molecule has 0 amide bonds. The minimum Gasteiger partial charge on any atom is -0.462 e. The van der Waals surface area contributed by atoms with Crippen LogP contribution in [-0.4, -0.2) is 30.6 Å². The highest BCUT2D eigenvalue weighted by Crippen LogP contribution is 2.25. The van der Waals surface area contributed by atoms with Gasteiger partial charge in [-0.2, -0.15) is 11.8 Å². The Morgan fingerprint density at radius 1 is 1.47 bits per heavy atom. The van der Waals surface area contributed by atoms with Crippen LogP contribution in [0.2, 0.25) is 0 Å². The van der Waals surface area contributed by atoms with Crippen LogP contribution in [-0.2, 0) is 4.74 Å². The molecular weight excluding hydrogens is 260 g/mol. The fraction of sp³-hybridized carbons (Fsp3) is 0.500. The highest BCUT2D eigenvalue weighted by molar-refractivity contribution is 7.98. The van der Waals surface area contributed by atoms with E-state index in [2.05, 4.69) is 18.5 Å². The number of para-hydroxylation sites is 1. The van der Waals surface area contributed by atoms with E-state index in [0.29, 0.717) is 23.9 Å². The SMILES string of the molecule is CCOC(=O)c1cccc(NC(CC)CSC)c1N. The quantitative estimate of drug-likeness (QED) is 0.594. The Kier molecular flexibility index (Phi) is 6.56. The fourth-order valence-electron chi connectivity index (χ4n) is 1.76. The molecule has 3 N–H and O–H groups in total. The van der Waals surface area contributed by atoms with Crippen molar-refractivity contribution in [3.05, 3.63) is 23.8 Å². The van der Waals surface area contributed by atoms with Crippen LogP contribution in [0.5, 0.6) is 0 Å². The number of rotatable bonds is 7. The summed E-state index contributed by atoms with van der Waals surface area (Å²) >= 11 is 1.78. The van der Waals surface area contributed by atoms with Gasteiger partial charge in [0.25, 0.3) is 0 Å². The maximum Gasteiger partial charge on any atom is 0.340 e. The van der Waals surface area contributed by atoms with Gasteiger partial charge in [-0.25, -0.2) is 4.79 Å². The number of hydrogen-bond donors (Lipinski definition) is 2. The van der Waals surface area contributed by atoms with Crippen molar-refractivity contribution in [2.45, 2.75) is 26.3 Å². The number of nitrogens with one attached hydrogen (secondary N) is 1. The smallest absolute Gasteiger partial charge is 0.340 e. The summed E-state index contributed by atoms with van der Waals surface area (Å²) in [5, 5.41) is 3.38. The van der Waals surface area contributed by atoms with E-state index in [1.54, 1.807) is 24.8 Å². The predicted octanol–water partition coefficient (Wildman–Crippen LogP) is 3.00. The van der Waals surface area contributed by atoms with Crippen molar-refractivity contribution in [3.8, 4) is 0 Å². The molecule has 0 aliphatic heterocycles. The lowest BCUT2D eigenvalue weighted by Crippen LogP contribution is -2.22. The topological polar surface area (TPSA) is 64.3 Å². The Morgan fingerprint density at radius 3 is 2.79 bits per heavy atom. The van der Waals surface area contributed by atoms with Gasteiger partial charge in [0, 0.05) is 11.8 Å². The van der Waals surface area contributed by atoms with E-state index in [-0.39, 0.29) is 5.97 Å². The molecule has 0 saturated heterocycles. The van der Waals surface area contributed by atoms with Gasteiger partial charge in [0.05, 0.1) is 23.5 Å². The summed E-state index contributed by atoms with van der Waals surface area (Å²) in [6.07, 6.45) is 3.08. The highest BCUT2D eigenvalue weighted by Gasteiger charge is 2.15. The number of nitrogens with two attached hydrogens (primary N) is 1. The Bertz CT molecular complexity index is 424. The summed E-state index contributed by atoms with van der Waals surface area (Å²) in [6, 6.07) is 5.74. The summed E-state index contributed by atoms with van der Waals surface area (Å²) in [5.74, 6) is 0.626. The van der Waals surface area contributed by atoms with E-state index in [1.807, 2.05) is 12.1 Å². The van der Waals surface area contributed by atoms with Crippen LogP contribution in [0.3, 0.4) is 0 Å². The highest BCUT2D eigenvalue weighted by atomic mass is 32.2. The molecule has 0 bridgehead atoms. The molecule has 5 heteroatoms. The number of thioether (sulfide) groups is 1. The average Bonchev–Trinajstić information content (AvgIpc) is 2.40. The number of esters is 1. The van der Waals surface area contributed by atoms with Crippen LogP contribution in [0.15, 0.2) is 18.2 Å². The molecule has 1 aromatic carbocycles. The van der Waals surface area contributed by atoms with Crippen LogP contribution in [0, 0.1) is 0 Å². The summed E-state index contributed by atoms with van der Waals surface area (Å²) < 4.78 is 4.99. The molecule has 0 radical (unpaired) electrons. The Hall–Kier alpha value is -1.36. The van der Waals surface area contributed by atoms with Crippen LogP contribution in [0.1, 0.15) is 30.6 Å². The van der Waals surface area contributed by atoms with Crippen LogP contribution >= 0.6 is 11.8 Å². The van der Waals surface area contributed by atoms with Gasteiger partial charge in [-0.1, -0.05) is 13.0 Å². The minimum atomic E-state index is -0.374. The summed E-state index contributed by atoms with van der Waals surface area (Å²) in [7, 11) is 0. The maximum atomic E-state index is 11.8. The molecule has 19 heavy (non-hydrogen) atoms. The van der Waals surface area contributed by atoms with E-state index in [0.717, 1.165) is 17.9 Å². The van der Waals surface area contributed by atoms with Crippen LogP contribution < -0.4 is 11.1 Å². The Balaban J connectivity index is 2.90. The molecule has 0 aliphatic rings. The monoisotopic (exact) mass is 282 g/mol. The van der Waals surface area contributed by atoms with E-state index < -0.39 is 0 Å². The Morgan fingerprint density at radius 2 is 2.21 bits per heavy atom. The lowest BCUT2D eigenvalue weighted by atomic mass is 10.1. The first-order valence-electron chi connectivity index (χ1n) is 6.45. The molecule has 1 aromatic rings. The van der Waals surface area contributed by atoms with E-state index in [1.165, 1.54) is 0 Å². The van der Waals surface area contributed by atoms with E-state index >= 15 is 0 Å². The van der Waals surface area contributed by atoms with E-state index in [4.69, 9.17) is 10.5 Å². The van der Waals surface area contributed by atoms with Crippen molar-refractivity contribution in [3.63, 3.8) is 0 Å². The first-order chi connectivity index (χ1) is 9.13. The molecule has 106 valence electrons. The van der Waals surface area contributed by atoms with Crippen molar-refractivity contribution in [1.29, 1.82) is 0 Å². The molecule has 1 unspecified atom stereocenters. The molecule has 4 nitrogen and oxygen atoms in total. The number of nitrogen functional groups attached to an aromatic ring is 1. The number of ether oxygens (including phenoxy) is 1. The van der Waals surface area contributed by atoms with Crippen molar-refractivity contribution in [2.75, 3.05) is 29.7 Å². The molecule has 1 atom stereocenters. The van der Waals surface area contributed by atoms with Crippen LogP contribution in [0.4, 0.5) is 11.4 Å². The normalized spacial score (nSPS) is 11.9. The number of carbonyl (C=O) groups is 1. The third-order valence-electron chi connectivity index (χ3n) is 2.82. The lowest BCUT2D eigenvalue weighted by molar-refractivity contribution is 0.0527. The standard InChI is InChI=1S/C14H22N2O2S/c1-4-10(9-19-3)16-12-8-6-7-11(13(12)15)14(17)18-5-2/h6-8,10,16H,4-5,9,15H2,1-3H3. The van der Waals surface area contributed by atoms with E-state index in [9.17, 15) is 4.79 Å². The number of carbonyl (C=O) groups excluding carboxylic acids is 1. The first-order valence-corrected chi connectivity index (χ1v) is 7.84. The molecule has 0 aliphatic carbocycles. The van der Waals surface area contributed by atoms with Gasteiger partial charge in [0.2, 0.25) is 0 Å². The molecule has 0 spiro atoms. The minimum absolute atomic E-state index is 0.342. The van der Waals surface area contributed by atoms with Gasteiger partial charge in [0.15, 0.2) is 0 Å². The zero-order chi connectivity index (χ0) is 14.3. The molecule has 0 fully saturated rings. The first kappa shape index (κ1) is 15.7. The second-order valence-corrected chi connectivity index (χ2v) is 5.10. The largest absolute Gasteiger partial charge is 0.462 e. The van der Waals surface area contributed by atoms with Gasteiger partial charge < -0.3 is 15.8 Å². The predicted molar refractivity (Wildman–Crippen MR) is 82.9 cm³/mol. The summed E-state index contributed by atoms with van der Waals surface area (Å²) in [4.78, 5) is 11.8. The summed E-state index contributed by atoms with van der Waals surface area (Å²) in [5.41, 5.74) is 7.72. The fourth-order valence-corrected chi connectivity index (χ4v) is 2.48. The lowest BCUT2D eigenvalue weighted by Gasteiger charge is -2.19. The molecule has 0 heterocycles. The van der Waals surface area contributed by atoms with Crippen molar-refractivity contribution >= 4 is 29.1 Å². The van der Waals surface area contributed by atoms with Crippen molar-refractivity contribution < 1.29 is 9.53 Å². The van der Waals surface area contributed by atoms with Gasteiger partial charge in [0.1, 0.15) is 0 Å². The van der Waals surface area contributed by atoms with Crippen molar-refractivity contribution in [1.82, 2.24) is 0 Å². The van der Waals surface area contributed by atoms with Gasteiger partial charge in [-0.15, -0.1) is 0 Å². The number of hydrogen-bond acceptors (Lipinski definition) is 5. The van der Waals surface area contributed by atoms with Crippen molar-refractivity contribution in [2.24, 2.45) is 0 Å². The van der Waals surface area contributed by atoms with Gasteiger partial charge in [-0.3, -0.25) is 0 Å². The average molecular weight is 282 g/mol. The zero-order valence-electron chi connectivity index (χ0n) is 11.7. The Labute approximate surface area is 119 Å². The second-order valence-electron chi connectivity index (χ2n) is 4.19.